The van der Waals surface area contributed by atoms with Gasteiger partial charge in [-0.2, -0.15) is 0 Å². The Labute approximate surface area is 226 Å². The van der Waals surface area contributed by atoms with Gasteiger partial charge in [0.25, 0.3) is 5.91 Å². The summed E-state index contributed by atoms with van der Waals surface area (Å²) in [6.07, 6.45) is 3.89. The van der Waals surface area contributed by atoms with Crippen LogP contribution in [0.4, 0.5) is 5.95 Å². The third-order valence-electron chi connectivity index (χ3n) is 6.46. The highest BCUT2D eigenvalue weighted by Crippen LogP contribution is 2.32. The number of para-hydroxylation sites is 2. The molecular formula is C30H31N5O4. The van der Waals surface area contributed by atoms with Crippen molar-refractivity contribution in [1.29, 1.82) is 0 Å². The molecule has 2 aromatic heterocycles. The van der Waals surface area contributed by atoms with Crippen molar-refractivity contribution in [2.75, 3.05) is 25.1 Å². The summed E-state index contributed by atoms with van der Waals surface area (Å²) in [4.78, 5) is 34.4. The van der Waals surface area contributed by atoms with E-state index in [1.807, 2.05) is 54.0 Å². The third kappa shape index (κ3) is 5.93. The van der Waals surface area contributed by atoms with Crippen LogP contribution in [-0.2, 0) is 11.3 Å². The Balaban J connectivity index is 1.50. The number of benzene rings is 2. The molecule has 0 saturated carbocycles. The molecule has 2 amide bonds. The molecule has 39 heavy (non-hydrogen) atoms. The summed E-state index contributed by atoms with van der Waals surface area (Å²) >= 11 is 0. The lowest BCUT2D eigenvalue weighted by molar-refractivity contribution is -0.116. The van der Waals surface area contributed by atoms with Gasteiger partial charge < -0.3 is 19.4 Å². The van der Waals surface area contributed by atoms with Crippen LogP contribution in [-0.4, -0.2) is 46.1 Å². The largest absolute Gasteiger partial charge is 0.493 e. The normalized spacial score (nSPS) is 13.6. The van der Waals surface area contributed by atoms with Crippen LogP contribution in [0, 0.1) is 6.92 Å². The number of aromatic nitrogens is 3. The van der Waals surface area contributed by atoms with Gasteiger partial charge in [0.15, 0.2) is 0 Å². The minimum Gasteiger partial charge on any atom is -0.493 e. The van der Waals surface area contributed by atoms with Gasteiger partial charge in [0.05, 0.1) is 24.4 Å². The van der Waals surface area contributed by atoms with Crippen LogP contribution in [0.2, 0.25) is 0 Å². The minimum absolute atomic E-state index is 0.252. The fourth-order valence-corrected chi connectivity index (χ4v) is 4.64. The maximum absolute atomic E-state index is 13.5. The average Bonchev–Trinajstić information content (AvgIpc) is 3.29. The Kier molecular flexibility index (Phi) is 7.86. The molecule has 3 heterocycles. The second-order valence-corrected chi connectivity index (χ2v) is 9.30. The second kappa shape index (κ2) is 11.8. The smallest absolute Gasteiger partial charge is 0.258 e. The van der Waals surface area contributed by atoms with E-state index in [1.165, 1.54) is 6.08 Å². The second-order valence-electron chi connectivity index (χ2n) is 9.30. The molecule has 1 aliphatic heterocycles. The molecule has 0 fully saturated rings. The molecule has 0 spiro atoms. The molecule has 0 radical (unpaired) electrons. The zero-order valence-electron chi connectivity index (χ0n) is 21.9. The zero-order chi connectivity index (χ0) is 27.2. The van der Waals surface area contributed by atoms with Gasteiger partial charge in [-0.15, -0.1) is 0 Å². The number of amides is 2. The molecule has 1 aliphatic rings. The number of fused-ring (bicyclic) bond motifs is 7. The predicted molar refractivity (Wildman–Crippen MR) is 150 cm³/mol. The number of hydrogen-bond donors (Lipinski definition) is 2. The summed E-state index contributed by atoms with van der Waals surface area (Å²) in [6.45, 7) is 7.16. The fourth-order valence-electron chi connectivity index (χ4n) is 4.64. The molecule has 0 unspecified atom stereocenters. The van der Waals surface area contributed by atoms with Crippen molar-refractivity contribution in [3.05, 3.63) is 78.5 Å². The molecule has 200 valence electrons. The number of rotatable bonds is 5. The van der Waals surface area contributed by atoms with E-state index in [4.69, 9.17) is 14.5 Å². The third-order valence-corrected chi connectivity index (χ3v) is 6.46. The van der Waals surface area contributed by atoms with E-state index < -0.39 is 0 Å². The standard InChI is InChI=1S/C30H31N5O4/c1-3-27(36)31-14-17-39-26-13-9-11-23-28(26)35-15-7-4-8-16-38-25-12-6-5-10-22(25)24-19-21(18-20(2)32-24)29(37)34-30(35)33-23/h3,5-6,9-13,18-19H,1,4,7-8,14-17H2,2H3,(H,31,36)(H,33,34,37). The first-order valence-electron chi connectivity index (χ1n) is 13.1. The van der Waals surface area contributed by atoms with Crippen molar-refractivity contribution in [2.45, 2.75) is 32.7 Å². The number of imidazole rings is 1. The van der Waals surface area contributed by atoms with Crippen molar-refractivity contribution >= 4 is 28.8 Å². The van der Waals surface area contributed by atoms with E-state index in [9.17, 15) is 9.59 Å². The summed E-state index contributed by atoms with van der Waals surface area (Å²) in [5.74, 6) is 1.31. The van der Waals surface area contributed by atoms with Gasteiger partial charge in [-0.3, -0.25) is 19.9 Å². The summed E-state index contributed by atoms with van der Waals surface area (Å²) < 4.78 is 14.2. The van der Waals surface area contributed by atoms with E-state index >= 15 is 0 Å². The molecule has 2 bridgehead atoms. The maximum atomic E-state index is 13.5. The molecular weight excluding hydrogens is 494 g/mol. The maximum Gasteiger partial charge on any atom is 0.258 e. The van der Waals surface area contributed by atoms with E-state index in [0.717, 1.165) is 41.8 Å². The lowest BCUT2D eigenvalue weighted by Gasteiger charge is -2.13. The SMILES string of the molecule is C=CC(=O)NCCOc1cccc2nc3n(c12)CCCCCOc1ccccc1-c1cc(cc(C)n1)C(=O)N3. The monoisotopic (exact) mass is 525 g/mol. The highest BCUT2D eigenvalue weighted by Gasteiger charge is 2.19. The van der Waals surface area contributed by atoms with Crippen molar-refractivity contribution < 1.29 is 19.1 Å². The molecule has 2 aromatic carbocycles. The van der Waals surface area contributed by atoms with Crippen molar-refractivity contribution in [1.82, 2.24) is 19.9 Å². The number of carbonyl (C=O) groups excluding carboxylic acids is 2. The number of nitrogens with one attached hydrogen (secondary N) is 2. The Morgan fingerprint density at radius 3 is 2.90 bits per heavy atom. The first-order chi connectivity index (χ1) is 19.0. The molecule has 0 saturated heterocycles. The Hall–Kier alpha value is -4.66. The molecule has 0 atom stereocenters. The molecule has 9 heteroatoms. The van der Waals surface area contributed by atoms with Crippen molar-refractivity contribution in [2.24, 2.45) is 0 Å². The summed E-state index contributed by atoms with van der Waals surface area (Å²) in [5.41, 5.74) is 4.24. The summed E-state index contributed by atoms with van der Waals surface area (Å²) in [5, 5.41) is 5.74. The van der Waals surface area contributed by atoms with Crippen LogP contribution in [0.15, 0.2) is 67.3 Å². The Morgan fingerprint density at radius 1 is 1.15 bits per heavy atom. The lowest BCUT2D eigenvalue weighted by atomic mass is 10.1. The molecule has 4 aromatic rings. The van der Waals surface area contributed by atoms with Crippen molar-refractivity contribution in [3.8, 4) is 22.8 Å². The van der Waals surface area contributed by atoms with Gasteiger partial charge in [-0.1, -0.05) is 24.8 Å². The van der Waals surface area contributed by atoms with Crippen LogP contribution in [0.5, 0.6) is 11.5 Å². The van der Waals surface area contributed by atoms with Gasteiger partial charge >= 0.3 is 0 Å². The summed E-state index contributed by atoms with van der Waals surface area (Å²) in [6, 6.07) is 16.9. The Morgan fingerprint density at radius 2 is 2.03 bits per heavy atom. The number of hydrogen-bond acceptors (Lipinski definition) is 6. The number of ether oxygens (including phenoxy) is 2. The fraction of sp³-hybridized carbons (Fsp3) is 0.267. The minimum atomic E-state index is -0.277. The van der Waals surface area contributed by atoms with Gasteiger partial charge in [-0.25, -0.2) is 4.98 Å². The topological polar surface area (TPSA) is 107 Å². The molecule has 2 N–H and O–H groups in total. The Bertz CT molecular complexity index is 1530. The van der Waals surface area contributed by atoms with E-state index in [0.29, 0.717) is 48.2 Å². The van der Waals surface area contributed by atoms with E-state index in [-0.39, 0.29) is 18.4 Å². The quantitative estimate of drug-likeness (QED) is 0.283. The highest BCUT2D eigenvalue weighted by atomic mass is 16.5. The summed E-state index contributed by atoms with van der Waals surface area (Å²) in [7, 11) is 0. The molecule has 9 nitrogen and oxygen atoms in total. The predicted octanol–water partition coefficient (Wildman–Crippen LogP) is 4.90. The van der Waals surface area contributed by atoms with E-state index in [2.05, 4.69) is 22.2 Å². The van der Waals surface area contributed by atoms with Gasteiger partial charge in [-0.05, 0) is 68.7 Å². The number of anilines is 1. The van der Waals surface area contributed by atoms with Gasteiger partial charge in [0.1, 0.15) is 23.6 Å². The van der Waals surface area contributed by atoms with Crippen molar-refractivity contribution in [3.63, 3.8) is 0 Å². The van der Waals surface area contributed by atoms with Crippen LogP contribution < -0.4 is 20.1 Å². The lowest BCUT2D eigenvalue weighted by Crippen LogP contribution is -2.26. The van der Waals surface area contributed by atoms with Crippen LogP contribution in [0.3, 0.4) is 0 Å². The number of nitrogens with zero attached hydrogens (tertiary/aromatic N) is 3. The van der Waals surface area contributed by atoms with Gasteiger partial charge in [0.2, 0.25) is 11.9 Å². The molecule has 0 aliphatic carbocycles. The first kappa shape index (κ1) is 26.0. The molecule has 5 rings (SSSR count). The first-order valence-corrected chi connectivity index (χ1v) is 13.1. The zero-order valence-corrected chi connectivity index (χ0v) is 21.9. The number of aryl methyl sites for hydroxylation is 2. The van der Waals surface area contributed by atoms with E-state index in [1.54, 1.807) is 12.1 Å². The number of pyridine rings is 1. The number of carbonyl (C=O) groups is 2. The highest BCUT2D eigenvalue weighted by molar-refractivity contribution is 6.05. The van der Waals surface area contributed by atoms with Gasteiger partial charge in [0, 0.05) is 23.4 Å². The van der Waals surface area contributed by atoms with Crippen LogP contribution in [0.25, 0.3) is 22.3 Å². The van der Waals surface area contributed by atoms with Crippen LogP contribution >= 0.6 is 0 Å². The average molecular weight is 526 g/mol. The van der Waals surface area contributed by atoms with Crippen LogP contribution in [0.1, 0.15) is 35.3 Å².